The molecule has 3 heteroatoms. The summed E-state index contributed by atoms with van der Waals surface area (Å²) in [7, 11) is 0. The summed E-state index contributed by atoms with van der Waals surface area (Å²) in [5.74, 6) is 0. The van der Waals surface area contributed by atoms with Gasteiger partial charge in [0, 0.05) is 5.38 Å². The molecule has 80 valence electrons. The summed E-state index contributed by atoms with van der Waals surface area (Å²) in [6.45, 7) is 3.06. The van der Waals surface area contributed by atoms with Gasteiger partial charge in [0.2, 0.25) is 11.2 Å². The van der Waals surface area contributed by atoms with E-state index in [2.05, 4.69) is 64.3 Å². The van der Waals surface area contributed by atoms with Crippen LogP contribution < -0.4 is 4.57 Å². The molecule has 0 atom stereocenters. The van der Waals surface area contributed by atoms with Gasteiger partial charge in [-0.1, -0.05) is 41.2 Å². The van der Waals surface area contributed by atoms with Gasteiger partial charge < -0.3 is 0 Å². The summed E-state index contributed by atoms with van der Waals surface area (Å²) in [4.78, 5) is 1.28. The SMILES string of the molecule is Cc1ccc(C[n+]2cc3sccn3c2)cc1. The molecule has 0 fully saturated rings. The van der Waals surface area contributed by atoms with Crippen LogP contribution in [0.1, 0.15) is 11.1 Å². The lowest BCUT2D eigenvalue weighted by molar-refractivity contribution is -0.686. The van der Waals surface area contributed by atoms with Gasteiger partial charge in [-0.2, -0.15) is 4.40 Å². The molecule has 1 aromatic carbocycles. The number of hydrogen-bond acceptors (Lipinski definition) is 1. The van der Waals surface area contributed by atoms with Crippen molar-refractivity contribution >= 4 is 16.2 Å². The van der Waals surface area contributed by atoms with Gasteiger partial charge in [0.25, 0.3) is 0 Å². The topological polar surface area (TPSA) is 8.29 Å². The van der Waals surface area contributed by atoms with Gasteiger partial charge in [0.05, 0.1) is 0 Å². The van der Waals surface area contributed by atoms with E-state index in [-0.39, 0.29) is 0 Å². The van der Waals surface area contributed by atoms with E-state index in [0.717, 1.165) is 6.54 Å². The van der Waals surface area contributed by atoms with E-state index >= 15 is 0 Å². The van der Waals surface area contributed by atoms with Crippen molar-refractivity contribution < 1.29 is 4.57 Å². The molecule has 0 aliphatic rings. The van der Waals surface area contributed by atoms with Crippen LogP contribution in [0.15, 0.2) is 48.4 Å². The smallest absolute Gasteiger partial charge is 0.231 e. The Morgan fingerprint density at radius 3 is 2.81 bits per heavy atom. The Bertz CT molecular complexity index is 576. The molecular weight excluding hydrogens is 216 g/mol. The Morgan fingerprint density at radius 1 is 1.25 bits per heavy atom. The highest BCUT2D eigenvalue weighted by atomic mass is 32.1. The maximum absolute atomic E-state index is 2.22. The van der Waals surface area contributed by atoms with Crippen molar-refractivity contribution in [3.8, 4) is 0 Å². The summed E-state index contributed by atoms with van der Waals surface area (Å²) >= 11 is 1.76. The van der Waals surface area contributed by atoms with Gasteiger partial charge in [-0.3, -0.25) is 0 Å². The number of aryl methyl sites for hydroxylation is 1. The van der Waals surface area contributed by atoms with Crippen LogP contribution in [0.25, 0.3) is 4.83 Å². The van der Waals surface area contributed by atoms with Crippen molar-refractivity contribution in [2.24, 2.45) is 0 Å². The van der Waals surface area contributed by atoms with Crippen LogP contribution in [0.4, 0.5) is 0 Å². The van der Waals surface area contributed by atoms with Gasteiger partial charge in [0.1, 0.15) is 18.9 Å². The Hall–Kier alpha value is -1.61. The van der Waals surface area contributed by atoms with Crippen LogP contribution in [0.2, 0.25) is 0 Å². The summed E-state index contributed by atoms with van der Waals surface area (Å²) < 4.78 is 4.37. The second-order valence-electron chi connectivity index (χ2n) is 4.05. The Balaban J connectivity index is 1.89. The molecule has 3 aromatic rings. The average molecular weight is 229 g/mol. The fourth-order valence-electron chi connectivity index (χ4n) is 1.82. The third kappa shape index (κ3) is 1.74. The van der Waals surface area contributed by atoms with Crippen molar-refractivity contribution in [1.29, 1.82) is 0 Å². The summed E-state index contributed by atoms with van der Waals surface area (Å²) in [5, 5.41) is 2.10. The molecule has 0 spiro atoms. The molecule has 0 saturated heterocycles. The minimum Gasteiger partial charge on any atom is -0.231 e. The van der Waals surface area contributed by atoms with Crippen molar-refractivity contribution in [1.82, 2.24) is 4.40 Å². The molecule has 0 saturated carbocycles. The first-order valence-corrected chi connectivity index (χ1v) is 6.19. The van der Waals surface area contributed by atoms with Crippen molar-refractivity contribution in [3.63, 3.8) is 0 Å². The van der Waals surface area contributed by atoms with Crippen molar-refractivity contribution in [2.45, 2.75) is 13.5 Å². The molecular formula is C13H13N2S+. The largest absolute Gasteiger partial charge is 0.249 e. The van der Waals surface area contributed by atoms with Crippen LogP contribution >= 0.6 is 11.3 Å². The molecule has 0 bridgehead atoms. The fraction of sp³-hybridized carbons (Fsp3) is 0.154. The van der Waals surface area contributed by atoms with E-state index in [1.54, 1.807) is 11.3 Å². The van der Waals surface area contributed by atoms with Crippen molar-refractivity contribution in [2.75, 3.05) is 0 Å². The molecule has 0 unspecified atom stereocenters. The second-order valence-corrected chi connectivity index (χ2v) is 4.98. The van der Waals surface area contributed by atoms with E-state index in [0.29, 0.717) is 0 Å². The highest BCUT2D eigenvalue weighted by Gasteiger charge is 2.07. The minimum atomic E-state index is 0.939. The first-order valence-electron chi connectivity index (χ1n) is 5.31. The maximum atomic E-state index is 2.22. The third-order valence-corrected chi connectivity index (χ3v) is 3.51. The summed E-state index contributed by atoms with van der Waals surface area (Å²) in [5.41, 5.74) is 2.65. The van der Waals surface area contributed by atoms with E-state index in [9.17, 15) is 0 Å². The van der Waals surface area contributed by atoms with Crippen LogP contribution in [-0.4, -0.2) is 4.40 Å². The number of benzene rings is 1. The Kier molecular flexibility index (Phi) is 2.26. The zero-order valence-corrected chi connectivity index (χ0v) is 9.95. The Labute approximate surface area is 98.4 Å². The van der Waals surface area contributed by atoms with Gasteiger partial charge in [-0.05, 0) is 12.5 Å². The number of nitrogens with zero attached hydrogens (tertiary/aromatic N) is 2. The average Bonchev–Trinajstić information content (AvgIpc) is 2.81. The molecule has 0 N–H and O–H groups in total. The molecule has 0 radical (unpaired) electrons. The number of aromatic nitrogens is 2. The predicted octanol–water partition coefficient (Wildman–Crippen LogP) is 2.65. The lowest BCUT2D eigenvalue weighted by Crippen LogP contribution is -2.31. The van der Waals surface area contributed by atoms with Crippen molar-refractivity contribution in [3.05, 3.63) is 59.5 Å². The first kappa shape index (κ1) is 9.60. The number of thiazole rings is 1. The highest BCUT2D eigenvalue weighted by molar-refractivity contribution is 7.15. The zero-order chi connectivity index (χ0) is 11.0. The molecule has 2 heterocycles. The summed E-state index contributed by atoms with van der Waals surface area (Å²) in [6, 6.07) is 8.70. The maximum Gasteiger partial charge on any atom is 0.249 e. The molecule has 0 aliphatic carbocycles. The van der Waals surface area contributed by atoms with Gasteiger partial charge in [-0.15, -0.1) is 0 Å². The standard InChI is InChI=1S/C13H13N2S/c1-11-2-4-12(5-3-11)8-14-9-13-15(10-14)6-7-16-13/h2-7,9-10H,8H2,1H3/q+1. The van der Waals surface area contributed by atoms with E-state index in [1.165, 1.54) is 16.0 Å². The molecule has 2 nitrogen and oxygen atoms in total. The predicted molar refractivity (Wildman–Crippen MR) is 65.8 cm³/mol. The highest BCUT2D eigenvalue weighted by Crippen LogP contribution is 2.09. The summed E-state index contributed by atoms with van der Waals surface area (Å²) in [6.07, 6.45) is 6.40. The van der Waals surface area contributed by atoms with Crippen LogP contribution in [0.5, 0.6) is 0 Å². The van der Waals surface area contributed by atoms with Gasteiger partial charge >= 0.3 is 0 Å². The van der Waals surface area contributed by atoms with E-state index in [1.807, 2.05) is 0 Å². The third-order valence-electron chi connectivity index (χ3n) is 2.70. The van der Waals surface area contributed by atoms with E-state index < -0.39 is 0 Å². The quantitative estimate of drug-likeness (QED) is 0.597. The number of imidazole rings is 1. The van der Waals surface area contributed by atoms with E-state index in [4.69, 9.17) is 0 Å². The monoisotopic (exact) mass is 229 g/mol. The second kappa shape index (κ2) is 3.76. The lowest BCUT2D eigenvalue weighted by atomic mass is 10.1. The number of fused-ring (bicyclic) bond motifs is 1. The Morgan fingerprint density at radius 2 is 2.06 bits per heavy atom. The molecule has 2 aromatic heterocycles. The van der Waals surface area contributed by atoms with Crippen LogP contribution in [0.3, 0.4) is 0 Å². The molecule has 0 aliphatic heterocycles. The minimum absolute atomic E-state index is 0.939. The first-order chi connectivity index (χ1) is 7.81. The number of hydrogen-bond donors (Lipinski definition) is 0. The normalized spacial score (nSPS) is 11.1. The van der Waals surface area contributed by atoms with Crippen LogP contribution in [0, 0.1) is 6.92 Å². The molecule has 16 heavy (non-hydrogen) atoms. The van der Waals surface area contributed by atoms with Crippen LogP contribution in [-0.2, 0) is 6.54 Å². The fourth-order valence-corrected chi connectivity index (χ4v) is 2.58. The number of rotatable bonds is 2. The molecule has 0 amide bonds. The van der Waals surface area contributed by atoms with Gasteiger partial charge in [-0.25, -0.2) is 4.57 Å². The van der Waals surface area contributed by atoms with Gasteiger partial charge in [0.15, 0.2) is 0 Å². The zero-order valence-electron chi connectivity index (χ0n) is 9.13. The lowest BCUT2D eigenvalue weighted by Gasteiger charge is -1.97. The molecule has 3 rings (SSSR count).